The number of nitrogens with zero attached hydrogens (tertiary/aromatic N) is 1. The van der Waals surface area contributed by atoms with Gasteiger partial charge in [-0.2, -0.15) is 0 Å². The van der Waals surface area contributed by atoms with Crippen LogP contribution in [0.3, 0.4) is 0 Å². The third-order valence-electron chi connectivity index (χ3n) is 3.58. The molecular weight excluding hydrogens is 282 g/mol. The van der Waals surface area contributed by atoms with Gasteiger partial charge in [-0.15, -0.1) is 0 Å². The van der Waals surface area contributed by atoms with Gasteiger partial charge in [0.2, 0.25) is 0 Å². The summed E-state index contributed by atoms with van der Waals surface area (Å²) in [7, 11) is 0. The molecule has 0 aliphatic carbocycles. The Labute approximate surface area is 130 Å². The van der Waals surface area contributed by atoms with E-state index in [1.807, 2.05) is 6.92 Å². The molecule has 1 atom stereocenters. The average Bonchev–Trinajstić information content (AvgIpc) is 2.63. The molecule has 0 radical (unpaired) electrons. The van der Waals surface area contributed by atoms with E-state index in [1.54, 1.807) is 45.0 Å². The van der Waals surface area contributed by atoms with E-state index in [-0.39, 0.29) is 12.5 Å². The summed E-state index contributed by atoms with van der Waals surface area (Å²) >= 11 is 0. The van der Waals surface area contributed by atoms with E-state index in [9.17, 15) is 9.59 Å². The topological polar surface area (TPSA) is 84.7 Å². The highest BCUT2D eigenvalue weighted by Crippen LogP contribution is 2.30. The standard InChI is InChI=1S/C16H23N3O3/c1-5-22-12-8-6-11(7-9-12)16(4)13(20)19(14(21)18-16)10-15(2,3)17/h6-9H,5,10,17H2,1-4H3,(H,18,21). The summed E-state index contributed by atoms with van der Waals surface area (Å²) in [5.74, 6) is 0.437. The lowest BCUT2D eigenvalue weighted by atomic mass is 9.91. The number of benzene rings is 1. The van der Waals surface area contributed by atoms with Crippen molar-refractivity contribution in [3.05, 3.63) is 29.8 Å². The van der Waals surface area contributed by atoms with Crippen molar-refractivity contribution in [1.29, 1.82) is 0 Å². The first-order valence-electron chi connectivity index (χ1n) is 7.34. The molecule has 1 aromatic rings. The molecule has 3 amide bonds. The average molecular weight is 305 g/mol. The predicted molar refractivity (Wildman–Crippen MR) is 83.5 cm³/mol. The van der Waals surface area contributed by atoms with Crippen LogP contribution in [-0.4, -0.2) is 35.5 Å². The molecule has 6 heteroatoms. The van der Waals surface area contributed by atoms with Gasteiger partial charge in [-0.3, -0.25) is 9.69 Å². The summed E-state index contributed by atoms with van der Waals surface area (Å²) in [4.78, 5) is 26.0. The second kappa shape index (κ2) is 5.61. The van der Waals surface area contributed by atoms with Crippen molar-refractivity contribution in [2.45, 2.75) is 38.8 Å². The van der Waals surface area contributed by atoms with Crippen molar-refractivity contribution in [3.63, 3.8) is 0 Å². The highest BCUT2D eigenvalue weighted by Gasteiger charge is 2.49. The van der Waals surface area contributed by atoms with E-state index < -0.39 is 17.1 Å². The molecule has 1 saturated heterocycles. The lowest BCUT2D eigenvalue weighted by molar-refractivity contribution is -0.131. The van der Waals surface area contributed by atoms with Gasteiger partial charge in [0.15, 0.2) is 0 Å². The Hall–Kier alpha value is -2.08. The third-order valence-corrected chi connectivity index (χ3v) is 3.58. The number of nitrogens with one attached hydrogen (secondary N) is 1. The van der Waals surface area contributed by atoms with Crippen molar-refractivity contribution in [3.8, 4) is 5.75 Å². The second-order valence-electron chi connectivity index (χ2n) is 6.39. The van der Waals surface area contributed by atoms with Crippen molar-refractivity contribution in [2.24, 2.45) is 5.73 Å². The van der Waals surface area contributed by atoms with Gasteiger partial charge >= 0.3 is 6.03 Å². The Balaban J connectivity index is 2.26. The zero-order valence-corrected chi connectivity index (χ0v) is 13.5. The largest absolute Gasteiger partial charge is 0.494 e. The van der Waals surface area contributed by atoms with Crippen LogP contribution in [0.15, 0.2) is 24.3 Å². The molecule has 120 valence electrons. The van der Waals surface area contributed by atoms with E-state index in [1.165, 1.54) is 4.90 Å². The molecule has 1 heterocycles. The van der Waals surface area contributed by atoms with Gasteiger partial charge in [0.25, 0.3) is 5.91 Å². The molecule has 3 N–H and O–H groups in total. The summed E-state index contributed by atoms with van der Waals surface area (Å²) in [6.45, 7) is 7.91. The third kappa shape index (κ3) is 3.06. The summed E-state index contributed by atoms with van der Waals surface area (Å²) in [6.07, 6.45) is 0. The SMILES string of the molecule is CCOc1ccc(C2(C)NC(=O)N(CC(C)(C)N)C2=O)cc1. The zero-order chi connectivity index (χ0) is 16.5. The number of carbonyl (C=O) groups is 2. The van der Waals surface area contributed by atoms with Crippen LogP contribution in [0.4, 0.5) is 4.79 Å². The lowest BCUT2D eigenvalue weighted by Crippen LogP contribution is -2.48. The second-order valence-corrected chi connectivity index (χ2v) is 6.39. The van der Waals surface area contributed by atoms with Gasteiger partial charge in [0.05, 0.1) is 6.61 Å². The van der Waals surface area contributed by atoms with Gasteiger partial charge in [-0.1, -0.05) is 12.1 Å². The van der Waals surface area contributed by atoms with Gasteiger partial charge in [0.1, 0.15) is 11.3 Å². The Morgan fingerprint density at radius 2 is 1.86 bits per heavy atom. The summed E-state index contributed by atoms with van der Waals surface area (Å²) in [6, 6.07) is 6.75. The fraction of sp³-hybridized carbons (Fsp3) is 0.500. The van der Waals surface area contributed by atoms with E-state index >= 15 is 0 Å². The fourth-order valence-electron chi connectivity index (χ4n) is 2.49. The molecular formula is C16H23N3O3. The number of carbonyl (C=O) groups excluding carboxylic acids is 2. The Morgan fingerprint density at radius 1 is 1.27 bits per heavy atom. The molecule has 0 spiro atoms. The van der Waals surface area contributed by atoms with E-state index in [0.29, 0.717) is 12.2 Å². The number of urea groups is 1. The normalized spacial score (nSPS) is 22.0. The number of rotatable bonds is 5. The highest BCUT2D eigenvalue weighted by atomic mass is 16.5. The van der Waals surface area contributed by atoms with Crippen LogP contribution in [0.2, 0.25) is 0 Å². The molecule has 22 heavy (non-hydrogen) atoms. The van der Waals surface area contributed by atoms with Crippen molar-refractivity contribution < 1.29 is 14.3 Å². The zero-order valence-electron chi connectivity index (χ0n) is 13.5. The lowest BCUT2D eigenvalue weighted by Gasteiger charge is -2.26. The highest BCUT2D eigenvalue weighted by molar-refractivity contribution is 6.07. The molecule has 0 aromatic heterocycles. The number of hydrogen-bond donors (Lipinski definition) is 2. The number of amides is 3. The first kappa shape index (κ1) is 16.3. The molecule has 1 unspecified atom stereocenters. The van der Waals surface area contributed by atoms with Crippen molar-refractivity contribution in [2.75, 3.05) is 13.2 Å². The smallest absolute Gasteiger partial charge is 0.325 e. The van der Waals surface area contributed by atoms with Gasteiger partial charge in [0, 0.05) is 12.1 Å². The van der Waals surface area contributed by atoms with Gasteiger partial charge < -0.3 is 15.8 Å². The molecule has 0 bridgehead atoms. The number of imide groups is 1. The molecule has 2 rings (SSSR count). The first-order valence-corrected chi connectivity index (χ1v) is 7.34. The number of nitrogens with two attached hydrogens (primary N) is 1. The van der Waals surface area contributed by atoms with Crippen LogP contribution in [-0.2, 0) is 10.3 Å². The Kier molecular flexibility index (Phi) is 4.15. The Bertz CT molecular complexity index is 577. The first-order chi connectivity index (χ1) is 10.2. The summed E-state index contributed by atoms with van der Waals surface area (Å²) in [5.41, 5.74) is 4.93. The number of hydrogen-bond acceptors (Lipinski definition) is 4. The van der Waals surface area contributed by atoms with Crippen LogP contribution < -0.4 is 15.8 Å². The maximum absolute atomic E-state index is 12.7. The van der Waals surface area contributed by atoms with Crippen LogP contribution in [0, 0.1) is 0 Å². The van der Waals surface area contributed by atoms with E-state index in [2.05, 4.69) is 5.32 Å². The predicted octanol–water partition coefficient (Wildman–Crippen LogP) is 1.59. The van der Waals surface area contributed by atoms with Crippen molar-refractivity contribution >= 4 is 11.9 Å². The molecule has 6 nitrogen and oxygen atoms in total. The van der Waals surface area contributed by atoms with Crippen LogP contribution in [0.5, 0.6) is 5.75 Å². The summed E-state index contributed by atoms with van der Waals surface area (Å²) < 4.78 is 5.39. The molecule has 0 saturated carbocycles. The quantitative estimate of drug-likeness (QED) is 0.809. The molecule has 1 aliphatic heterocycles. The fourth-order valence-corrected chi connectivity index (χ4v) is 2.49. The molecule has 1 aliphatic rings. The minimum absolute atomic E-state index is 0.171. The van der Waals surface area contributed by atoms with Crippen LogP contribution in [0.1, 0.15) is 33.3 Å². The van der Waals surface area contributed by atoms with E-state index in [4.69, 9.17) is 10.5 Å². The minimum atomic E-state index is -1.08. The van der Waals surface area contributed by atoms with Gasteiger partial charge in [-0.05, 0) is 45.4 Å². The maximum Gasteiger partial charge on any atom is 0.325 e. The maximum atomic E-state index is 12.7. The van der Waals surface area contributed by atoms with E-state index in [0.717, 1.165) is 5.75 Å². The minimum Gasteiger partial charge on any atom is -0.494 e. The number of ether oxygens (including phenoxy) is 1. The molecule has 1 fully saturated rings. The Morgan fingerprint density at radius 3 is 2.36 bits per heavy atom. The van der Waals surface area contributed by atoms with Crippen molar-refractivity contribution in [1.82, 2.24) is 10.2 Å². The van der Waals surface area contributed by atoms with Gasteiger partial charge in [-0.25, -0.2) is 4.79 Å². The molecule has 1 aromatic carbocycles. The summed E-state index contributed by atoms with van der Waals surface area (Å²) in [5, 5.41) is 2.76. The van der Waals surface area contributed by atoms with Crippen LogP contribution in [0.25, 0.3) is 0 Å². The monoisotopic (exact) mass is 305 g/mol. The van der Waals surface area contributed by atoms with Crippen LogP contribution >= 0.6 is 0 Å².